The summed E-state index contributed by atoms with van der Waals surface area (Å²) in [5, 5.41) is 2.15. The number of nitrogens with zero attached hydrogens (tertiary/aromatic N) is 2. The van der Waals surface area contributed by atoms with E-state index in [0.29, 0.717) is 12.0 Å². The first kappa shape index (κ1) is 22.9. The Kier molecular flexibility index (Phi) is 6.47. The molecule has 7 heteroatoms. The van der Waals surface area contributed by atoms with Gasteiger partial charge in [-0.25, -0.2) is 5.01 Å². The predicted octanol–water partition coefficient (Wildman–Crippen LogP) is 4.56. The molecule has 4 rings (SSSR count). The van der Waals surface area contributed by atoms with Crippen LogP contribution in [-0.4, -0.2) is 39.6 Å². The number of rotatable bonds is 6. The first-order valence-electron chi connectivity index (χ1n) is 11.1. The lowest BCUT2D eigenvalue weighted by Crippen LogP contribution is -2.57. The van der Waals surface area contributed by atoms with Gasteiger partial charge in [0.2, 0.25) is 0 Å². The van der Waals surface area contributed by atoms with Crippen molar-refractivity contribution in [1.82, 2.24) is 10.0 Å². The van der Waals surface area contributed by atoms with Gasteiger partial charge in [0.25, 0.3) is 17.7 Å². The molecule has 170 valence electrons. The second-order valence-corrected chi connectivity index (χ2v) is 8.83. The van der Waals surface area contributed by atoms with Gasteiger partial charge in [-0.15, -0.1) is 0 Å². The molecular formula is C26H25ClN2O4. The van der Waals surface area contributed by atoms with Crippen molar-refractivity contribution in [2.45, 2.75) is 32.7 Å². The van der Waals surface area contributed by atoms with Crippen molar-refractivity contribution in [3.63, 3.8) is 0 Å². The summed E-state index contributed by atoms with van der Waals surface area (Å²) in [5.74, 6) is -3.18. The highest BCUT2D eigenvalue weighted by molar-refractivity contribution is 6.34. The molecule has 0 radical (unpaired) electrons. The lowest BCUT2D eigenvalue weighted by molar-refractivity contribution is -0.156. The van der Waals surface area contributed by atoms with Gasteiger partial charge in [0, 0.05) is 5.56 Å². The van der Waals surface area contributed by atoms with Crippen LogP contribution in [0.3, 0.4) is 0 Å². The van der Waals surface area contributed by atoms with Crippen LogP contribution >= 0.6 is 11.6 Å². The summed E-state index contributed by atoms with van der Waals surface area (Å²) in [6.07, 6.45) is 4.45. The molecule has 33 heavy (non-hydrogen) atoms. The highest BCUT2D eigenvalue weighted by atomic mass is 35.5. The zero-order valence-electron chi connectivity index (χ0n) is 18.5. The number of imide groups is 1. The molecular weight excluding hydrogens is 440 g/mol. The number of hydrazine groups is 1. The van der Waals surface area contributed by atoms with Crippen LogP contribution in [0, 0.1) is 17.8 Å². The first-order chi connectivity index (χ1) is 15.9. The number of halogens is 1. The summed E-state index contributed by atoms with van der Waals surface area (Å²) in [5.41, 5.74) is 0.521. The second kappa shape index (κ2) is 9.32. The highest BCUT2D eigenvalue weighted by Crippen LogP contribution is 2.40. The molecule has 1 aliphatic heterocycles. The first-order valence-corrected chi connectivity index (χ1v) is 11.5. The van der Waals surface area contributed by atoms with Crippen LogP contribution in [0.4, 0.5) is 0 Å². The summed E-state index contributed by atoms with van der Waals surface area (Å²) in [6, 6.07) is 13.9. The summed E-state index contributed by atoms with van der Waals surface area (Å²) < 4.78 is 0. The third kappa shape index (κ3) is 4.00. The minimum atomic E-state index is -1.05. The van der Waals surface area contributed by atoms with E-state index in [9.17, 15) is 19.2 Å². The minimum absolute atomic E-state index is 0.125. The third-order valence-electron chi connectivity index (χ3n) is 6.42. The quantitative estimate of drug-likeness (QED) is 0.357. The van der Waals surface area contributed by atoms with Crippen molar-refractivity contribution in [3.8, 4) is 0 Å². The largest absolute Gasteiger partial charge is 0.292 e. The van der Waals surface area contributed by atoms with Crippen molar-refractivity contribution >= 4 is 35.1 Å². The average molecular weight is 465 g/mol. The fraction of sp³-hybridized carbons (Fsp3) is 0.308. The fourth-order valence-corrected chi connectivity index (χ4v) is 4.95. The van der Waals surface area contributed by atoms with Crippen LogP contribution in [0.1, 0.15) is 47.4 Å². The number of hydrogen-bond donors (Lipinski definition) is 0. The number of carbonyl (C=O) groups excluding carboxylic acids is 4. The molecule has 1 heterocycles. The molecule has 2 aromatic rings. The standard InChI is InChI=1S/C26H25ClN2O4/c1-3-21(23(30)17-11-5-4-6-12-17)28(24(31)18-13-7-8-15-20(18)27)29-25(32)19-14-9-10-16(2)22(19)26(29)33/h4-13,15-16,19,21-22H,3,14H2,1-2H3/t16-,19+,21+,22+/m0/s1. The van der Waals surface area contributed by atoms with E-state index in [4.69, 9.17) is 11.6 Å². The van der Waals surface area contributed by atoms with Crippen LogP contribution in [0.2, 0.25) is 5.02 Å². The molecule has 2 aliphatic rings. The van der Waals surface area contributed by atoms with Gasteiger partial charge in [0.1, 0.15) is 6.04 Å². The normalized spacial score (nSPS) is 22.8. The second-order valence-electron chi connectivity index (χ2n) is 8.43. The lowest BCUT2D eigenvalue weighted by atomic mass is 9.78. The Morgan fingerprint density at radius 3 is 2.36 bits per heavy atom. The van der Waals surface area contributed by atoms with Crippen molar-refractivity contribution in [1.29, 1.82) is 0 Å². The zero-order valence-corrected chi connectivity index (χ0v) is 19.2. The maximum atomic E-state index is 13.8. The molecule has 1 aliphatic carbocycles. The van der Waals surface area contributed by atoms with Gasteiger partial charge < -0.3 is 0 Å². The van der Waals surface area contributed by atoms with Crippen molar-refractivity contribution < 1.29 is 19.2 Å². The number of amides is 3. The molecule has 0 aromatic heterocycles. The van der Waals surface area contributed by atoms with Crippen molar-refractivity contribution in [2.75, 3.05) is 0 Å². The van der Waals surface area contributed by atoms with Crippen LogP contribution in [-0.2, 0) is 9.59 Å². The number of Topliss-reactive ketones (excluding diaryl/α,β-unsaturated/α-hetero) is 1. The Hall–Kier alpha value is -3.25. The highest BCUT2D eigenvalue weighted by Gasteiger charge is 2.54. The zero-order chi connectivity index (χ0) is 23.7. The maximum absolute atomic E-state index is 13.8. The SMILES string of the molecule is CC[C@H](C(=O)c1ccccc1)N(C(=O)c1ccccc1Cl)N1C(=O)[C@@H]2[C@@H](C)C=CC[C@H]2C1=O. The molecule has 0 bridgehead atoms. The van der Waals surface area contributed by atoms with Gasteiger partial charge in [-0.3, -0.25) is 19.2 Å². The predicted molar refractivity (Wildman–Crippen MR) is 124 cm³/mol. The molecule has 0 N–H and O–H groups in total. The number of fused-ring (bicyclic) bond motifs is 1. The van der Waals surface area contributed by atoms with Crippen LogP contribution < -0.4 is 0 Å². The molecule has 1 saturated heterocycles. The van der Waals surface area contributed by atoms with Crippen molar-refractivity contribution in [2.24, 2.45) is 17.8 Å². The van der Waals surface area contributed by atoms with Gasteiger partial charge in [-0.05, 0) is 30.9 Å². The van der Waals surface area contributed by atoms with Gasteiger partial charge >= 0.3 is 0 Å². The summed E-state index contributed by atoms with van der Waals surface area (Å²) in [6.45, 7) is 3.63. The summed E-state index contributed by atoms with van der Waals surface area (Å²) in [4.78, 5) is 54.3. The maximum Gasteiger partial charge on any atom is 0.275 e. The summed E-state index contributed by atoms with van der Waals surface area (Å²) in [7, 11) is 0. The van der Waals surface area contributed by atoms with E-state index < -0.39 is 35.6 Å². The van der Waals surface area contributed by atoms with E-state index in [-0.39, 0.29) is 28.7 Å². The Balaban J connectivity index is 1.82. The molecule has 0 saturated carbocycles. The molecule has 0 unspecified atom stereocenters. The Morgan fingerprint density at radius 2 is 1.73 bits per heavy atom. The fourth-order valence-electron chi connectivity index (χ4n) is 4.74. The van der Waals surface area contributed by atoms with E-state index >= 15 is 0 Å². The Labute approximate surface area is 197 Å². The molecule has 4 atom stereocenters. The lowest BCUT2D eigenvalue weighted by Gasteiger charge is -2.36. The monoisotopic (exact) mass is 464 g/mol. The summed E-state index contributed by atoms with van der Waals surface area (Å²) >= 11 is 6.30. The topological polar surface area (TPSA) is 74.8 Å². The molecule has 3 amide bonds. The van der Waals surface area contributed by atoms with Gasteiger partial charge in [-0.2, -0.15) is 5.01 Å². The number of carbonyl (C=O) groups is 4. The number of benzene rings is 2. The number of ketones is 1. The van der Waals surface area contributed by atoms with Crippen LogP contribution in [0.15, 0.2) is 66.7 Å². The molecule has 1 fully saturated rings. The Morgan fingerprint density at radius 1 is 1.06 bits per heavy atom. The van der Waals surface area contributed by atoms with E-state index in [1.807, 2.05) is 19.1 Å². The van der Waals surface area contributed by atoms with Crippen LogP contribution in [0.25, 0.3) is 0 Å². The van der Waals surface area contributed by atoms with E-state index in [1.54, 1.807) is 55.5 Å². The molecule has 6 nitrogen and oxygen atoms in total. The van der Waals surface area contributed by atoms with Gasteiger partial charge in [0.15, 0.2) is 5.78 Å². The molecule has 2 aromatic carbocycles. The smallest absolute Gasteiger partial charge is 0.275 e. The van der Waals surface area contributed by atoms with Gasteiger partial charge in [-0.1, -0.05) is 80.1 Å². The van der Waals surface area contributed by atoms with E-state index in [2.05, 4.69) is 0 Å². The van der Waals surface area contributed by atoms with Gasteiger partial charge in [0.05, 0.1) is 22.4 Å². The molecule has 0 spiro atoms. The van der Waals surface area contributed by atoms with E-state index in [1.165, 1.54) is 6.07 Å². The van der Waals surface area contributed by atoms with E-state index in [0.717, 1.165) is 10.0 Å². The third-order valence-corrected chi connectivity index (χ3v) is 6.75. The van der Waals surface area contributed by atoms with Crippen molar-refractivity contribution in [3.05, 3.63) is 82.9 Å². The average Bonchev–Trinajstić information content (AvgIpc) is 3.08. The number of allylic oxidation sites excluding steroid dienone is 2. The Bertz CT molecular complexity index is 1130. The van der Waals surface area contributed by atoms with Crippen LogP contribution in [0.5, 0.6) is 0 Å². The number of hydrogen-bond acceptors (Lipinski definition) is 4. The minimum Gasteiger partial charge on any atom is -0.292 e.